The summed E-state index contributed by atoms with van der Waals surface area (Å²) in [5.74, 6) is -0.829. The lowest BCUT2D eigenvalue weighted by Crippen LogP contribution is -1.99. The van der Waals surface area contributed by atoms with Crippen LogP contribution < -0.4 is 0 Å². The number of unbranched alkanes of at least 4 members (excludes halogenated alkanes) is 1. The Morgan fingerprint density at radius 1 is 1.16 bits per heavy atom. The summed E-state index contributed by atoms with van der Waals surface area (Å²) < 4.78 is 0. The van der Waals surface area contributed by atoms with Gasteiger partial charge in [-0.2, -0.15) is 0 Å². The summed E-state index contributed by atoms with van der Waals surface area (Å²) in [4.78, 5) is 11.0. The van der Waals surface area contributed by atoms with Gasteiger partial charge >= 0.3 is 5.97 Å². The van der Waals surface area contributed by atoms with E-state index in [1.807, 2.05) is 48.6 Å². The summed E-state index contributed by atoms with van der Waals surface area (Å²) in [5.41, 5.74) is 1.59. The van der Waals surface area contributed by atoms with Crippen molar-refractivity contribution >= 4 is 12.0 Å². The third-order valence-corrected chi connectivity index (χ3v) is 2.68. The molecule has 1 rings (SSSR count). The van der Waals surface area contributed by atoms with E-state index in [0.29, 0.717) is 12.0 Å². The van der Waals surface area contributed by atoms with Gasteiger partial charge in [0.2, 0.25) is 0 Å². The Morgan fingerprint density at radius 2 is 1.89 bits per heavy atom. The van der Waals surface area contributed by atoms with E-state index < -0.39 is 5.97 Å². The second-order valence-corrected chi connectivity index (χ2v) is 4.26. The summed E-state index contributed by atoms with van der Waals surface area (Å²) in [5, 5.41) is 9.01. The molecule has 2 heteroatoms. The highest BCUT2D eigenvalue weighted by molar-refractivity contribution is 5.86. The molecule has 0 bridgehead atoms. The third kappa shape index (κ3) is 6.41. The van der Waals surface area contributed by atoms with Gasteiger partial charge in [0, 0.05) is 5.57 Å². The molecule has 1 aromatic rings. The number of hydrogen-bond acceptors (Lipinski definition) is 1. The highest BCUT2D eigenvalue weighted by Gasteiger charge is 2.03. The van der Waals surface area contributed by atoms with Crippen LogP contribution in [-0.4, -0.2) is 11.1 Å². The van der Waals surface area contributed by atoms with Crippen molar-refractivity contribution in [2.45, 2.75) is 26.2 Å². The summed E-state index contributed by atoms with van der Waals surface area (Å²) >= 11 is 0. The van der Waals surface area contributed by atoms with Gasteiger partial charge < -0.3 is 5.11 Å². The maximum atomic E-state index is 11.0. The molecule has 0 aromatic heterocycles. The summed E-state index contributed by atoms with van der Waals surface area (Å²) in [6.07, 6.45) is 11.7. The van der Waals surface area contributed by atoms with Gasteiger partial charge in [-0.15, -0.1) is 0 Å². The molecule has 0 aliphatic rings. The van der Waals surface area contributed by atoms with Crippen LogP contribution in [-0.2, 0) is 4.79 Å². The van der Waals surface area contributed by atoms with Crippen molar-refractivity contribution in [3.63, 3.8) is 0 Å². The van der Waals surface area contributed by atoms with Gasteiger partial charge in [-0.1, -0.05) is 74.1 Å². The molecule has 0 amide bonds. The normalized spacial score (nSPS) is 12.4. The summed E-state index contributed by atoms with van der Waals surface area (Å²) in [6.45, 7) is 2.05. The number of rotatable bonds is 7. The molecule has 0 atom stereocenters. The number of carboxylic acid groups (broad SMARTS) is 1. The van der Waals surface area contributed by atoms with E-state index in [1.165, 1.54) is 0 Å². The largest absolute Gasteiger partial charge is 0.478 e. The second kappa shape index (κ2) is 8.92. The van der Waals surface area contributed by atoms with Crippen molar-refractivity contribution in [3.8, 4) is 0 Å². The van der Waals surface area contributed by atoms with E-state index in [4.69, 9.17) is 5.11 Å². The quantitative estimate of drug-likeness (QED) is 0.577. The molecule has 2 nitrogen and oxygen atoms in total. The van der Waals surface area contributed by atoms with Gasteiger partial charge in [0.05, 0.1) is 0 Å². The van der Waals surface area contributed by atoms with Crippen LogP contribution in [0.5, 0.6) is 0 Å². The fraction of sp³-hybridized carbons (Fsp3) is 0.235. The highest BCUT2D eigenvalue weighted by Crippen LogP contribution is 2.08. The predicted octanol–water partition coefficient (Wildman–Crippen LogP) is 4.46. The Morgan fingerprint density at radius 3 is 2.53 bits per heavy atom. The van der Waals surface area contributed by atoms with Crippen molar-refractivity contribution in [2.24, 2.45) is 0 Å². The Balaban J connectivity index is 2.55. The number of aliphatic carboxylic acids is 1. The zero-order valence-electron chi connectivity index (χ0n) is 11.3. The number of benzene rings is 1. The van der Waals surface area contributed by atoms with Crippen LogP contribution in [0.4, 0.5) is 0 Å². The van der Waals surface area contributed by atoms with Gasteiger partial charge in [0.1, 0.15) is 0 Å². The number of allylic oxidation sites excluding steroid dienone is 4. The molecule has 100 valence electrons. The lowest BCUT2D eigenvalue weighted by atomic mass is 10.1. The molecule has 0 saturated carbocycles. The van der Waals surface area contributed by atoms with Crippen LogP contribution in [0.15, 0.2) is 60.2 Å². The van der Waals surface area contributed by atoms with Crippen LogP contribution in [0.2, 0.25) is 0 Å². The third-order valence-electron chi connectivity index (χ3n) is 2.68. The van der Waals surface area contributed by atoms with Crippen molar-refractivity contribution < 1.29 is 9.90 Å². The smallest absolute Gasteiger partial charge is 0.331 e. The molecule has 19 heavy (non-hydrogen) atoms. The van der Waals surface area contributed by atoms with Crippen LogP contribution in [0.25, 0.3) is 6.08 Å². The van der Waals surface area contributed by atoms with E-state index in [-0.39, 0.29) is 0 Å². The molecule has 0 heterocycles. The van der Waals surface area contributed by atoms with Crippen LogP contribution in [0.1, 0.15) is 31.7 Å². The fourth-order valence-electron chi connectivity index (χ4n) is 1.60. The molecule has 0 aliphatic carbocycles. The average molecular weight is 256 g/mol. The van der Waals surface area contributed by atoms with E-state index in [2.05, 4.69) is 6.92 Å². The maximum Gasteiger partial charge on any atom is 0.331 e. The van der Waals surface area contributed by atoms with Crippen LogP contribution in [0.3, 0.4) is 0 Å². The molecule has 0 unspecified atom stereocenters. The standard InChI is InChI=1S/C17H20O2/c1-2-3-13-16(17(18)19)14-9-5-8-12-15-10-6-4-7-11-15/h4-12,14H,2-3,13H2,1H3,(H,18,19)/b9-5+,12-8?,16-14+. The number of carboxylic acids is 1. The lowest BCUT2D eigenvalue weighted by molar-refractivity contribution is -0.132. The first-order valence-corrected chi connectivity index (χ1v) is 6.56. The van der Waals surface area contributed by atoms with E-state index in [9.17, 15) is 4.79 Å². The van der Waals surface area contributed by atoms with Crippen molar-refractivity contribution in [3.05, 3.63) is 65.8 Å². The van der Waals surface area contributed by atoms with Crippen LogP contribution in [0, 0.1) is 0 Å². The fourth-order valence-corrected chi connectivity index (χ4v) is 1.60. The van der Waals surface area contributed by atoms with Gasteiger partial charge in [0.15, 0.2) is 0 Å². The molecule has 0 radical (unpaired) electrons. The Hall–Kier alpha value is -2.09. The SMILES string of the molecule is CCCC/C(=C\C=C\C=Cc1ccccc1)C(=O)O. The van der Waals surface area contributed by atoms with E-state index in [1.54, 1.807) is 12.2 Å². The van der Waals surface area contributed by atoms with Gasteiger partial charge in [-0.25, -0.2) is 4.79 Å². The van der Waals surface area contributed by atoms with E-state index >= 15 is 0 Å². The first-order chi connectivity index (χ1) is 9.24. The molecule has 0 saturated heterocycles. The lowest BCUT2D eigenvalue weighted by Gasteiger charge is -1.98. The number of carbonyl (C=O) groups is 1. The molecule has 0 fully saturated rings. The summed E-state index contributed by atoms with van der Waals surface area (Å²) in [7, 11) is 0. The van der Waals surface area contributed by atoms with Gasteiger partial charge in [0.25, 0.3) is 0 Å². The zero-order valence-corrected chi connectivity index (χ0v) is 11.3. The van der Waals surface area contributed by atoms with E-state index in [0.717, 1.165) is 18.4 Å². The monoisotopic (exact) mass is 256 g/mol. The number of hydrogen-bond donors (Lipinski definition) is 1. The summed E-state index contributed by atoms with van der Waals surface area (Å²) in [6, 6.07) is 9.98. The molecule has 0 aliphatic heterocycles. The minimum absolute atomic E-state index is 0.464. The van der Waals surface area contributed by atoms with Crippen molar-refractivity contribution in [1.29, 1.82) is 0 Å². The first-order valence-electron chi connectivity index (χ1n) is 6.56. The molecule has 1 N–H and O–H groups in total. The Labute approximate surface area is 114 Å². The predicted molar refractivity (Wildman–Crippen MR) is 79.9 cm³/mol. The minimum Gasteiger partial charge on any atom is -0.478 e. The molecular formula is C17H20O2. The topological polar surface area (TPSA) is 37.3 Å². The first kappa shape index (κ1) is 15.0. The average Bonchev–Trinajstić information content (AvgIpc) is 2.42. The molecular weight excluding hydrogens is 236 g/mol. The second-order valence-electron chi connectivity index (χ2n) is 4.26. The van der Waals surface area contributed by atoms with Crippen LogP contribution >= 0.6 is 0 Å². The molecule has 1 aromatic carbocycles. The van der Waals surface area contributed by atoms with Crippen molar-refractivity contribution in [2.75, 3.05) is 0 Å². The zero-order chi connectivity index (χ0) is 13.9. The Kier molecular flexibility index (Phi) is 7.03. The van der Waals surface area contributed by atoms with Gasteiger partial charge in [-0.3, -0.25) is 0 Å². The maximum absolute atomic E-state index is 11.0. The molecule has 0 spiro atoms. The highest BCUT2D eigenvalue weighted by atomic mass is 16.4. The minimum atomic E-state index is -0.829. The van der Waals surface area contributed by atoms with Gasteiger partial charge in [-0.05, 0) is 18.4 Å². The van der Waals surface area contributed by atoms with Crippen molar-refractivity contribution in [1.82, 2.24) is 0 Å². The Bertz CT molecular complexity index is 467.